The van der Waals surface area contributed by atoms with E-state index in [0.717, 1.165) is 5.69 Å². The monoisotopic (exact) mass is 245 g/mol. The maximum absolute atomic E-state index is 8.91. The highest BCUT2D eigenvalue weighted by Gasteiger charge is 2.25. The highest BCUT2D eigenvalue weighted by atomic mass is 15.6. The minimum absolute atomic E-state index is 0.405. The van der Waals surface area contributed by atoms with Gasteiger partial charge in [0.05, 0.1) is 0 Å². The van der Waals surface area contributed by atoms with Crippen LogP contribution in [0.25, 0.3) is 0 Å². The molecule has 0 aliphatic carbocycles. The van der Waals surface area contributed by atoms with Crippen molar-refractivity contribution in [2.75, 3.05) is 5.43 Å². The van der Waals surface area contributed by atoms with Gasteiger partial charge in [-0.05, 0) is 39.7 Å². The van der Waals surface area contributed by atoms with Gasteiger partial charge in [-0.15, -0.1) is 0 Å². The fourth-order valence-electron chi connectivity index (χ4n) is 2.43. The van der Waals surface area contributed by atoms with E-state index in [1.165, 1.54) is 19.3 Å². The quantitative estimate of drug-likeness (QED) is 0.865. The molecule has 2 rings (SSSR count). The van der Waals surface area contributed by atoms with Crippen molar-refractivity contribution in [1.29, 1.82) is 5.26 Å². The lowest BCUT2D eigenvalue weighted by atomic mass is 10.00. The Hall–Kier alpha value is -1.67. The zero-order valence-electron chi connectivity index (χ0n) is 11.1. The normalized spacial score (nSPS) is 24.6. The number of piperidine rings is 1. The largest absolute Gasteiger partial charge is 0.286 e. The minimum atomic E-state index is 0.405. The van der Waals surface area contributed by atoms with Gasteiger partial charge in [0.1, 0.15) is 11.8 Å². The van der Waals surface area contributed by atoms with Gasteiger partial charge in [-0.2, -0.15) is 5.26 Å². The third-order valence-electron chi connectivity index (χ3n) is 3.39. The van der Waals surface area contributed by atoms with Gasteiger partial charge in [-0.1, -0.05) is 6.42 Å². The summed E-state index contributed by atoms with van der Waals surface area (Å²) in [4.78, 5) is 8.52. The van der Waals surface area contributed by atoms with Gasteiger partial charge in [-0.3, -0.25) is 5.43 Å². The van der Waals surface area contributed by atoms with Crippen molar-refractivity contribution >= 4 is 5.95 Å². The number of hydrogen-bond donors (Lipinski definition) is 1. The average Bonchev–Trinajstić information content (AvgIpc) is 2.33. The summed E-state index contributed by atoms with van der Waals surface area (Å²) in [5.41, 5.74) is 4.47. The molecular weight excluding hydrogens is 226 g/mol. The van der Waals surface area contributed by atoms with Crippen LogP contribution in [-0.2, 0) is 0 Å². The molecule has 1 aliphatic heterocycles. The van der Waals surface area contributed by atoms with Crippen molar-refractivity contribution in [3.8, 4) is 6.07 Å². The predicted octanol–water partition coefficient (Wildman–Crippen LogP) is 2.25. The molecule has 2 heterocycles. The molecule has 1 aromatic heterocycles. The van der Waals surface area contributed by atoms with Crippen molar-refractivity contribution in [3.63, 3.8) is 0 Å². The van der Waals surface area contributed by atoms with Crippen molar-refractivity contribution in [1.82, 2.24) is 15.0 Å². The van der Waals surface area contributed by atoms with Crippen LogP contribution in [0.2, 0.25) is 0 Å². The molecule has 96 valence electrons. The number of anilines is 1. The molecule has 0 aromatic carbocycles. The first-order chi connectivity index (χ1) is 8.60. The second-order valence-corrected chi connectivity index (χ2v) is 4.98. The van der Waals surface area contributed by atoms with Gasteiger partial charge in [-0.25, -0.2) is 15.0 Å². The number of rotatable bonds is 2. The maximum atomic E-state index is 8.91. The summed E-state index contributed by atoms with van der Waals surface area (Å²) in [5.74, 6) is 0.521. The van der Waals surface area contributed by atoms with Gasteiger partial charge in [0.15, 0.2) is 0 Å². The van der Waals surface area contributed by atoms with E-state index < -0.39 is 0 Å². The third kappa shape index (κ3) is 2.77. The molecule has 0 bridgehead atoms. The Morgan fingerprint density at radius 3 is 2.61 bits per heavy atom. The van der Waals surface area contributed by atoms with Gasteiger partial charge in [0.25, 0.3) is 0 Å². The summed E-state index contributed by atoms with van der Waals surface area (Å²) in [7, 11) is 0. The fourth-order valence-corrected chi connectivity index (χ4v) is 2.43. The predicted molar refractivity (Wildman–Crippen MR) is 69.7 cm³/mol. The number of nitrogens with zero attached hydrogens (tertiary/aromatic N) is 4. The van der Waals surface area contributed by atoms with Gasteiger partial charge < -0.3 is 0 Å². The van der Waals surface area contributed by atoms with Crippen LogP contribution in [0.3, 0.4) is 0 Å². The highest BCUT2D eigenvalue weighted by molar-refractivity contribution is 5.32. The Kier molecular flexibility index (Phi) is 3.78. The van der Waals surface area contributed by atoms with Crippen LogP contribution in [0.4, 0.5) is 5.95 Å². The number of aryl methyl sites for hydroxylation is 1. The molecule has 1 N–H and O–H groups in total. The second kappa shape index (κ2) is 5.32. The zero-order valence-corrected chi connectivity index (χ0v) is 11.1. The second-order valence-electron chi connectivity index (χ2n) is 4.98. The maximum Gasteiger partial charge on any atom is 0.239 e. The minimum Gasteiger partial charge on any atom is -0.286 e. The number of hydrazine groups is 1. The van der Waals surface area contributed by atoms with Crippen LogP contribution in [0, 0.1) is 18.3 Å². The summed E-state index contributed by atoms with van der Waals surface area (Å²) in [6, 6.07) is 4.67. The molecule has 0 amide bonds. The average molecular weight is 245 g/mol. The molecule has 0 spiro atoms. The van der Waals surface area contributed by atoms with E-state index in [1.807, 2.05) is 6.92 Å². The van der Waals surface area contributed by atoms with Crippen molar-refractivity contribution in [2.45, 2.75) is 52.1 Å². The molecule has 5 nitrogen and oxygen atoms in total. The SMILES string of the molecule is Cc1cc(C#N)nc(NN2C(C)CCCC2C)n1. The van der Waals surface area contributed by atoms with E-state index in [9.17, 15) is 0 Å². The molecule has 2 unspecified atom stereocenters. The molecule has 1 saturated heterocycles. The summed E-state index contributed by atoms with van der Waals surface area (Å²) in [5, 5.41) is 11.1. The van der Waals surface area contributed by atoms with Gasteiger partial charge in [0, 0.05) is 17.8 Å². The van der Waals surface area contributed by atoms with Crippen LogP contribution in [0.1, 0.15) is 44.5 Å². The Morgan fingerprint density at radius 2 is 2.00 bits per heavy atom. The number of aromatic nitrogens is 2. The van der Waals surface area contributed by atoms with E-state index in [4.69, 9.17) is 5.26 Å². The first-order valence-corrected chi connectivity index (χ1v) is 6.41. The molecular formula is C13H19N5. The Morgan fingerprint density at radius 1 is 1.33 bits per heavy atom. The molecule has 1 aliphatic rings. The lowest BCUT2D eigenvalue weighted by Gasteiger charge is -2.38. The van der Waals surface area contributed by atoms with E-state index in [0.29, 0.717) is 23.7 Å². The molecule has 2 atom stereocenters. The number of nitrogens with one attached hydrogen (secondary N) is 1. The van der Waals surface area contributed by atoms with Crippen LogP contribution in [-0.4, -0.2) is 27.1 Å². The lowest BCUT2D eigenvalue weighted by Crippen LogP contribution is -2.47. The first-order valence-electron chi connectivity index (χ1n) is 6.41. The molecule has 0 radical (unpaired) electrons. The molecule has 1 aromatic rings. The Bertz CT molecular complexity index is 455. The summed E-state index contributed by atoms with van der Waals surface area (Å²) in [6.07, 6.45) is 3.61. The first kappa shape index (κ1) is 12.8. The van der Waals surface area contributed by atoms with Crippen LogP contribution in [0.5, 0.6) is 0 Å². The molecule has 18 heavy (non-hydrogen) atoms. The number of hydrogen-bond acceptors (Lipinski definition) is 5. The lowest BCUT2D eigenvalue weighted by molar-refractivity contribution is 0.134. The van der Waals surface area contributed by atoms with Crippen LogP contribution >= 0.6 is 0 Å². The van der Waals surface area contributed by atoms with Gasteiger partial charge >= 0.3 is 0 Å². The van der Waals surface area contributed by atoms with E-state index in [2.05, 4.69) is 40.3 Å². The van der Waals surface area contributed by atoms with Gasteiger partial charge in [0.2, 0.25) is 5.95 Å². The smallest absolute Gasteiger partial charge is 0.239 e. The topological polar surface area (TPSA) is 64.8 Å². The van der Waals surface area contributed by atoms with Crippen molar-refractivity contribution in [3.05, 3.63) is 17.5 Å². The summed E-state index contributed by atoms with van der Waals surface area (Å²) >= 11 is 0. The van der Waals surface area contributed by atoms with E-state index in [1.54, 1.807) is 6.07 Å². The van der Waals surface area contributed by atoms with Crippen molar-refractivity contribution < 1.29 is 0 Å². The standard InChI is InChI=1S/C13H19N5/c1-9-7-12(8-14)16-13(15-9)17-18-10(2)5-4-6-11(18)3/h7,10-11H,4-6H2,1-3H3,(H,15,16,17). The Labute approximate surface area is 108 Å². The molecule has 5 heteroatoms. The Balaban J connectivity index is 2.17. The summed E-state index contributed by atoms with van der Waals surface area (Å²) in [6.45, 7) is 6.27. The molecule has 1 fully saturated rings. The van der Waals surface area contributed by atoms with Crippen molar-refractivity contribution in [2.24, 2.45) is 0 Å². The highest BCUT2D eigenvalue weighted by Crippen LogP contribution is 2.22. The van der Waals surface area contributed by atoms with Crippen LogP contribution < -0.4 is 5.43 Å². The number of nitriles is 1. The van der Waals surface area contributed by atoms with E-state index >= 15 is 0 Å². The summed E-state index contributed by atoms with van der Waals surface area (Å²) < 4.78 is 0. The fraction of sp³-hybridized carbons (Fsp3) is 0.615. The third-order valence-corrected chi connectivity index (χ3v) is 3.39. The molecule has 0 saturated carbocycles. The van der Waals surface area contributed by atoms with E-state index in [-0.39, 0.29) is 0 Å². The van der Waals surface area contributed by atoms with Crippen LogP contribution in [0.15, 0.2) is 6.07 Å². The zero-order chi connectivity index (χ0) is 13.1.